The van der Waals surface area contributed by atoms with Gasteiger partial charge in [-0.1, -0.05) is 0 Å². The van der Waals surface area contributed by atoms with Crippen LogP contribution in [0.15, 0.2) is 11.3 Å². The molecule has 1 atom stereocenters. The fraction of sp³-hybridized carbons (Fsp3) is 0.500. The molecule has 1 amide bonds. The summed E-state index contributed by atoms with van der Waals surface area (Å²) in [7, 11) is 0. The van der Waals surface area contributed by atoms with E-state index in [1.54, 1.807) is 4.90 Å². The monoisotopic (exact) mass is 181 g/mol. The number of hydrogen-bond acceptors (Lipinski definition) is 3. The molecular weight excluding hydrogens is 170 g/mol. The van der Waals surface area contributed by atoms with Crippen molar-refractivity contribution < 1.29 is 9.90 Å². The Bertz CT molecular complexity index is 321. The minimum Gasteiger partial charge on any atom is -0.509 e. The van der Waals surface area contributed by atoms with Gasteiger partial charge in [0, 0.05) is 6.54 Å². The number of amides is 1. The molecular formula is C8H11N3O2. The average molecular weight is 181 g/mol. The van der Waals surface area contributed by atoms with Crippen LogP contribution in [0.5, 0.6) is 0 Å². The lowest BCUT2D eigenvalue weighted by Crippen LogP contribution is -2.31. The molecule has 1 fully saturated rings. The zero-order valence-electron chi connectivity index (χ0n) is 7.08. The Labute approximate surface area is 75.3 Å². The van der Waals surface area contributed by atoms with E-state index in [0.29, 0.717) is 0 Å². The van der Waals surface area contributed by atoms with Crippen LogP contribution in [0.3, 0.4) is 0 Å². The maximum atomic E-state index is 10.9. The molecule has 70 valence electrons. The largest absolute Gasteiger partial charge is 0.509 e. The maximum Gasteiger partial charge on any atom is 0.255 e. The minimum atomic E-state index is -0.711. The van der Waals surface area contributed by atoms with Crippen molar-refractivity contribution in [1.29, 1.82) is 5.41 Å². The molecule has 5 heteroatoms. The number of amidine groups is 1. The molecule has 2 aliphatic rings. The van der Waals surface area contributed by atoms with E-state index in [0.717, 1.165) is 19.4 Å². The summed E-state index contributed by atoms with van der Waals surface area (Å²) in [5.41, 5.74) is 5.05. The maximum absolute atomic E-state index is 10.9. The molecule has 0 aliphatic carbocycles. The summed E-state index contributed by atoms with van der Waals surface area (Å²) in [5.74, 6) is -0.653. The number of hydrogen-bond donors (Lipinski definition) is 3. The zero-order chi connectivity index (χ0) is 9.59. The average Bonchev–Trinajstić information content (AvgIpc) is 2.56. The van der Waals surface area contributed by atoms with Crippen LogP contribution in [0, 0.1) is 5.41 Å². The van der Waals surface area contributed by atoms with Crippen LogP contribution in [0.2, 0.25) is 0 Å². The predicted octanol–water partition coefficient (Wildman–Crippen LogP) is -0.261. The van der Waals surface area contributed by atoms with E-state index in [1.165, 1.54) is 0 Å². The summed E-state index contributed by atoms with van der Waals surface area (Å²) in [6, 6.07) is -0.171. The highest BCUT2D eigenvalue weighted by molar-refractivity contribution is 6.21. The van der Waals surface area contributed by atoms with Crippen LogP contribution in [0.1, 0.15) is 12.8 Å². The van der Waals surface area contributed by atoms with Gasteiger partial charge >= 0.3 is 0 Å². The highest BCUT2D eigenvalue weighted by atomic mass is 16.3. The van der Waals surface area contributed by atoms with E-state index in [4.69, 9.17) is 11.1 Å². The van der Waals surface area contributed by atoms with Crippen molar-refractivity contribution in [3.8, 4) is 0 Å². The van der Waals surface area contributed by atoms with Gasteiger partial charge in [-0.2, -0.15) is 0 Å². The van der Waals surface area contributed by atoms with Crippen molar-refractivity contribution in [2.75, 3.05) is 6.54 Å². The van der Waals surface area contributed by atoms with Gasteiger partial charge in [-0.05, 0) is 12.8 Å². The molecule has 2 heterocycles. The van der Waals surface area contributed by atoms with Crippen LogP contribution >= 0.6 is 0 Å². The first-order chi connectivity index (χ1) is 6.13. The quantitative estimate of drug-likeness (QED) is 0.520. The first kappa shape index (κ1) is 8.10. The van der Waals surface area contributed by atoms with Crippen LogP contribution in [-0.2, 0) is 4.79 Å². The summed E-state index contributed by atoms with van der Waals surface area (Å²) >= 11 is 0. The fourth-order valence-corrected chi connectivity index (χ4v) is 1.99. The Morgan fingerprint density at radius 1 is 1.69 bits per heavy atom. The molecule has 4 N–H and O–H groups in total. The second kappa shape index (κ2) is 2.48. The molecule has 1 unspecified atom stereocenters. The molecule has 2 rings (SSSR count). The Morgan fingerprint density at radius 2 is 2.38 bits per heavy atom. The number of nitrogens with one attached hydrogen (secondary N) is 1. The molecule has 0 radical (unpaired) electrons. The Balaban J connectivity index is 2.41. The van der Waals surface area contributed by atoms with Crippen LogP contribution in [-0.4, -0.2) is 34.3 Å². The number of carbonyl (C=O) groups excluding carboxylic acids is 1. The highest BCUT2D eigenvalue weighted by Crippen LogP contribution is 2.32. The lowest BCUT2D eigenvalue weighted by Gasteiger charge is -2.17. The second-order valence-corrected chi connectivity index (χ2v) is 3.32. The number of nitrogens with two attached hydrogens (primary N) is 1. The third-order valence-electron chi connectivity index (χ3n) is 2.59. The summed E-state index contributed by atoms with van der Waals surface area (Å²) in [6.07, 6.45) is 1.74. The standard InChI is InChI=1S/C8H11N3O2/c9-7-5(8(10)13)6(12)4-2-1-3-11(4)7/h4,9,12H,1-3H2,(H2,10,13). The van der Waals surface area contributed by atoms with Crippen molar-refractivity contribution in [3.05, 3.63) is 11.3 Å². The Morgan fingerprint density at radius 3 is 2.92 bits per heavy atom. The smallest absolute Gasteiger partial charge is 0.255 e. The first-order valence-electron chi connectivity index (χ1n) is 4.21. The summed E-state index contributed by atoms with van der Waals surface area (Å²) in [6.45, 7) is 0.727. The number of carbonyl (C=O) groups is 1. The second-order valence-electron chi connectivity index (χ2n) is 3.32. The van der Waals surface area contributed by atoms with E-state index >= 15 is 0 Å². The van der Waals surface area contributed by atoms with Crippen LogP contribution < -0.4 is 5.73 Å². The topological polar surface area (TPSA) is 90.4 Å². The molecule has 5 nitrogen and oxygen atoms in total. The molecule has 0 saturated carbocycles. The number of nitrogens with zero attached hydrogens (tertiary/aromatic N) is 1. The third kappa shape index (κ3) is 0.929. The van der Waals surface area contributed by atoms with Gasteiger partial charge in [0.1, 0.15) is 17.2 Å². The number of aliphatic hydroxyl groups is 1. The zero-order valence-corrected chi connectivity index (χ0v) is 7.08. The number of aliphatic hydroxyl groups excluding tert-OH is 1. The SMILES string of the molecule is N=C1C(C(N)=O)=C(O)C2CCCN12. The summed E-state index contributed by atoms with van der Waals surface area (Å²) < 4.78 is 0. The molecule has 0 aromatic heterocycles. The van der Waals surface area contributed by atoms with E-state index in [2.05, 4.69) is 0 Å². The third-order valence-corrected chi connectivity index (χ3v) is 2.59. The molecule has 1 saturated heterocycles. The highest BCUT2D eigenvalue weighted by Gasteiger charge is 2.41. The summed E-state index contributed by atoms with van der Waals surface area (Å²) in [4.78, 5) is 12.6. The lowest BCUT2D eigenvalue weighted by atomic mass is 10.1. The van der Waals surface area contributed by atoms with Gasteiger partial charge in [0.15, 0.2) is 0 Å². The number of primary amides is 1. The van der Waals surface area contributed by atoms with Gasteiger partial charge in [-0.3, -0.25) is 10.2 Å². The van der Waals surface area contributed by atoms with Gasteiger partial charge in [0.25, 0.3) is 5.91 Å². The van der Waals surface area contributed by atoms with Crippen molar-refractivity contribution in [3.63, 3.8) is 0 Å². The van der Waals surface area contributed by atoms with Crippen LogP contribution in [0.25, 0.3) is 0 Å². The molecule has 0 spiro atoms. The van der Waals surface area contributed by atoms with Gasteiger partial charge in [-0.15, -0.1) is 0 Å². The van der Waals surface area contributed by atoms with Gasteiger partial charge in [0.2, 0.25) is 0 Å². The van der Waals surface area contributed by atoms with Gasteiger partial charge < -0.3 is 15.7 Å². The van der Waals surface area contributed by atoms with E-state index in [-0.39, 0.29) is 23.2 Å². The fourth-order valence-electron chi connectivity index (χ4n) is 1.99. The van der Waals surface area contributed by atoms with Gasteiger partial charge in [0.05, 0.1) is 6.04 Å². The normalized spacial score (nSPS) is 26.9. The first-order valence-corrected chi connectivity index (χ1v) is 4.21. The molecule has 0 aromatic rings. The molecule has 2 aliphatic heterocycles. The van der Waals surface area contributed by atoms with Crippen molar-refractivity contribution in [2.45, 2.75) is 18.9 Å². The molecule has 0 bridgehead atoms. The number of rotatable bonds is 1. The predicted molar refractivity (Wildman–Crippen MR) is 46.3 cm³/mol. The van der Waals surface area contributed by atoms with Crippen molar-refractivity contribution in [1.82, 2.24) is 4.90 Å². The van der Waals surface area contributed by atoms with Crippen molar-refractivity contribution in [2.24, 2.45) is 5.73 Å². The molecule has 0 aromatic carbocycles. The van der Waals surface area contributed by atoms with E-state index < -0.39 is 5.91 Å². The Kier molecular flexibility index (Phi) is 1.55. The van der Waals surface area contributed by atoms with E-state index in [9.17, 15) is 9.90 Å². The van der Waals surface area contributed by atoms with E-state index in [1.807, 2.05) is 0 Å². The van der Waals surface area contributed by atoms with Gasteiger partial charge in [-0.25, -0.2) is 0 Å². The van der Waals surface area contributed by atoms with Crippen LogP contribution in [0.4, 0.5) is 0 Å². The number of fused-ring (bicyclic) bond motifs is 1. The summed E-state index contributed by atoms with van der Waals surface area (Å²) in [5, 5.41) is 17.2. The molecule has 13 heavy (non-hydrogen) atoms. The minimum absolute atomic E-state index is 0.00954. The van der Waals surface area contributed by atoms with Crippen molar-refractivity contribution >= 4 is 11.7 Å². The lowest BCUT2D eigenvalue weighted by molar-refractivity contribution is -0.114. The Hall–Kier alpha value is -1.52.